The van der Waals surface area contributed by atoms with Crippen molar-refractivity contribution >= 4 is 0 Å². The van der Waals surface area contributed by atoms with E-state index in [4.69, 9.17) is 4.74 Å². The topological polar surface area (TPSA) is 12.5 Å². The van der Waals surface area contributed by atoms with Crippen molar-refractivity contribution in [1.29, 1.82) is 0 Å². The zero-order chi connectivity index (χ0) is 15.4. The number of benzene rings is 1. The molecule has 1 aromatic carbocycles. The summed E-state index contributed by atoms with van der Waals surface area (Å²) >= 11 is 0. The Balaban J connectivity index is 1.57. The van der Waals surface area contributed by atoms with Crippen molar-refractivity contribution in [2.75, 3.05) is 20.2 Å². The highest BCUT2D eigenvalue weighted by Gasteiger charge is 2.54. The first-order valence-electron chi connectivity index (χ1n) is 9.71. The van der Waals surface area contributed by atoms with Crippen molar-refractivity contribution in [3.05, 3.63) is 29.3 Å². The van der Waals surface area contributed by atoms with Crippen LogP contribution in [0.2, 0.25) is 0 Å². The number of nitrogens with zero attached hydrogens (tertiary/aromatic N) is 1. The lowest BCUT2D eigenvalue weighted by Crippen LogP contribution is -2.61. The van der Waals surface area contributed by atoms with E-state index in [1.807, 2.05) is 7.11 Å². The quantitative estimate of drug-likeness (QED) is 0.831. The van der Waals surface area contributed by atoms with Gasteiger partial charge in [-0.15, -0.1) is 0 Å². The lowest BCUT2D eigenvalue weighted by molar-refractivity contribution is -0.0134. The molecule has 2 nitrogen and oxygen atoms in total. The maximum absolute atomic E-state index is 5.57. The molecule has 1 heterocycles. The van der Waals surface area contributed by atoms with E-state index in [9.17, 15) is 0 Å². The third-order valence-electron chi connectivity index (χ3n) is 7.35. The van der Waals surface area contributed by atoms with Crippen molar-refractivity contribution in [2.24, 2.45) is 11.8 Å². The first kappa shape index (κ1) is 14.3. The average molecular weight is 311 g/mol. The van der Waals surface area contributed by atoms with Crippen LogP contribution in [0.25, 0.3) is 0 Å². The SMILES string of the molecule is COc1ccc2c(c1)[C@]13CCCCC1[C@H](C2)N(CC1CC1)CC3. The Morgan fingerprint density at radius 1 is 1.17 bits per heavy atom. The third kappa shape index (κ3) is 2.17. The van der Waals surface area contributed by atoms with E-state index in [1.54, 1.807) is 11.1 Å². The smallest absolute Gasteiger partial charge is 0.119 e. The van der Waals surface area contributed by atoms with Crippen LogP contribution < -0.4 is 4.74 Å². The van der Waals surface area contributed by atoms with Gasteiger partial charge in [-0.25, -0.2) is 0 Å². The molecule has 3 fully saturated rings. The van der Waals surface area contributed by atoms with Gasteiger partial charge in [0.1, 0.15) is 5.75 Å². The first-order valence-corrected chi connectivity index (χ1v) is 9.71. The zero-order valence-corrected chi connectivity index (χ0v) is 14.4. The van der Waals surface area contributed by atoms with E-state index in [0.717, 1.165) is 23.6 Å². The van der Waals surface area contributed by atoms with Crippen molar-refractivity contribution < 1.29 is 4.74 Å². The third-order valence-corrected chi connectivity index (χ3v) is 7.35. The van der Waals surface area contributed by atoms with Gasteiger partial charge in [-0.05, 0) is 80.2 Å². The Bertz CT molecular complexity index is 608. The molecule has 1 aliphatic heterocycles. The minimum absolute atomic E-state index is 0.463. The summed E-state index contributed by atoms with van der Waals surface area (Å²) in [5.41, 5.74) is 3.74. The fraction of sp³-hybridized carbons (Fsp3) is 0.714. The largest absolute Gasteiger partial charge is 0.497 e. The highest BCUT2D eigenvalue weighted by Crippen LogP contribution is 2.56. The Morgan fingerprint density at radius 3 is 2.91 bits per heavy atom. The standard InChI is InChI=1S/C21H29NO/c1-23-17-8-7-16-12-20-18-4-2-3-9-21(18,19(16)13-17)10-11-22(20)14-15-5-6-15/h7-8,13,15,18,20H,2-6,9-12,14H2,1H3/t18?,20-,21-/m0/s1. The number of methoxy groups -OCH3 is 1. The minimum Gasteiger partial charge on any atom is -0.497 e. The first-order chi connectivity index (χ1) is 11.3. The molecular weight excluding hydrogens is 282 g/mol. The van der Waals surface area contributed by atoms with Crippen molar-refractivity contribution in [1.82, 2.24) is 4.90 Å². The van der Waals surface area contributed by atoms with Crippen LogP contribution in [0, 0.1) is 11.8 Å². The molecule has 0 amide bonds. The molecule has 0 spiro atoms. The summed E-state index contributed by atoms with van der Waals surface area (Å²) in [6, 6.07) is 7.75. The molecular formula is C21H29NO. The second-order valence-electron chi connectivity index (χ2n) is 8.49. The molecule has 4 aliphatic rings. The van der Waals surface area contributed by atoms with Gasteiger partial charge < -0.3 is 4.74 Å². The van der Waals surface area contributed by atoms with E-state index in [1.165, 1.54) is 64.5 Å². The lowest BCUT2D eigenvalue weighted by Gasteiger charge is -2.59. The Labute approximate surface area is 140 Å². The van der Waals surface area contributed by atoms with Crippen LogP contribution in [0.1, 0.15) is 56.1 Å². The van der Waals surface area contributed by atoms with E-state index in [2.05, 4.69) is 23.1 Å². The van der Waals surface area contributed by atoms with Gasteiger partial charge in [0, 0.05) is 18.0 Å². The van der Waals surface area contributed by atoms with Crippen LogP contribution in [0.3, 0.4) is 0 Å². The second-order valence-corrected chi connectivity index (χ2v) is 8.49. The Kier molecular flexibility index (Phi) is 3.27. The predicted octanol–water partition coefficient (Wildman–Crippen LogP) is 4.16. The highest BCUT2D eigenvalue weighted by molar-refractivity contribution is 5.45. The van der Waals surface area contributed by atoms with Crippen LogP contribution in [0.5, 0.6) is 5.75 Å². The molecule has 5 rings (SSSR count). The van der Waals surface area contributed by atoms with Gasteiger partial charge in [0.15, 0.2) is 0 Å². The lowest BCUT2D eigenvalue weighted by atomic mass is 9.52. The number of rotatable bonds is 3. The molecule has 2 bridgehead atoms. The molecule has 1 saturated heterocycles. The summed E-state index contributed by atoms with van der Waals surface area (Å²) in [6.45, 7) is 2.71. The van der Waals surface area contributed by atoms with Gasteiger partial charge in [-0.2, -0.15) is 0 Å². The second kappa shape index (κ2) is 5.24. The molecule has 124 valence electrons. The summed E-state index contributed by atoms with van der Waals surface area (Å²) in [5, 5.41) is 0. The molecule has 23 heavy (non-hydrogen) atoms. The van der Waals surface area contributed by atoms with Crippen LogP contribution in [-0.2, 0) is 11.8 Å². The number of fused-ring (bicyclic) bond motifs is 1. The summed E-state index contributed by atoms with van der Waals surface area (Å²) in [7, 11) is 1.81. The number of hydrogen-bond acceptors (Lipinski definition) is 2. The molecule has 3 atom stereocenters. The van der Waals surface area contributed by atoms with Gasteiger partial charge in [0.05, 0.1) is 7.11 Å². The van der Waals surface area contributed by atoms with E-state index in [0.29, 0.717) is 5.41 Å². The van der Waals surface area contributed by atoms with Gasteiger partial charge in [-0.1, -0.05) is 18.9 Å². The number of piperidine rings is 1. The molecule has 0 N–H and O–H groups in total. The van der Waals surface area contributed by atoms with Crippen molar-refractivity contribution in [2.45, 2.75) is 62.8 Å². The van der Waals surface area contributed by atoms with Crippen molar-refractivity contribution in [3.8, 4) is 5.75 Å². The summed E-state index contributed by atoms with van der Waals surface area (Å²) in [6.07, 6.45) is 11.3. The fourth-order valence-corrected chi connectivity index (χ4v) is 6.05. The highest BCUT2D eigenvalue weighted by atomic mass is 16.5. The maximum Gasteiger partial charge on any atom is 0.119 e. The number of hydrogen-bond donors (Lipinski definition) is 0. The molecule has 0 aromatic heterocycles. The Hall–Kier alpha value is -1.02. The molecule has 2 heteroatoms. The molecule has 1 unspecified atom stereocenters. The van der Waals surface area contributed by atoms with Crippen LogP contribution >= 0.6 is 0 Å². The average Bonchev–Trinajstić information content (AvgIpc) is 3.41. The molecule has 0 radical (unpaired) electrons. The molecule has 2 saturated carbocycles. The monoisotopic (exact) mass is 311 g/mol. The van der Waals surface area contributed by atoms with Gasteiger partial charge in [0.2, 0.25) is 0 Å². The number of likely N-dealkylation sites (tertiary alicyclic amines) is 1. The van der Waals surface area contributed by atoms with E-state index < -0.39 is 0 Å². The minimum atomic E-state index is 0.463. The maximum atomic E-state index is 5.57. The van der Waals surface area contributed by atoms with Crippen LogP contribution in [-0.4, -0.2) is 31.1 Å². The van der Waals surface area contributed by atoms with E-state index >= 15 is 0 Å². The predicted molar refractivity (Wildman–Crippen MR) is 93.0 cm³/mol. The number of ether oxygens (including phenoxy) is 1. The molecule has 1 aromatic rings. The van der Waals surface area contributed by atoms with Gasteiger partial charge in [0.25, 0.3) is 0 Å². The van der Waals surface area contributed by atoms with Crippen LogP contribution in [0.4, 0.5) is 0 Å². The van der Waals surface area contributed by atoms with Gasteiger partial charge >= 0.3 is 0 Å². The van der Waals surface area contributed by atoms with E-state index in [-0.39, 0.29) is 0 Å². The summed E-state index contributed by atoms with van der Waals surface area (Å²) < 4.78 is 5.57. The van der Waals surface area contributed by atoms with Crippen LogP contribution in [0.15, 0.2) is 18.2 Å². The fourth-order valence-electron chi connectivity index (χ4n) is 6.05. The Morgan fingerprint density at radius 2 is 2.09 bits per heavy atom. The normalized spacial score (nSPS) is 36.2. The summed E-state index contributed by atoms with van der Waals surface area (Å²) in [5.74, 6) is 2.97. The summed E-state index contributed by atoms with van der Waals surface area (Å²) in [4.78, 5) is 2.89. The molecule has 3 aliphatic carbocycles. The van der Waals surface area contributed by atoms with Gasteiger partial charge in [-0.3, -0.25) is 4.90 Å². The van der Waals surface area contributed by atoms with Crippen molar-refractivity contribution in [3.63, 3.8) is 0 Å². The zero-order valence-electron chi connectivity index (χ0n) is 14.4.